The number of anilines is 1. The molecule has 0 fully saturated rings. The van der Waals surface area contributed by atoms with Gasteiger partial charge in [-0.3, -0.25) is 14.2 Å². The number of carbonyl (C=O) groups is 1. The lowest BCUT2D eigenvalue weighted by molar-refractivity contribution is -0.113. The van der Waals surface area contributed by atoms with Gasteiger partial charge in [0.15, 0.2) is 5.16 Å². The van der Waals surface area contributed by atoms with Gasteiger partial charge in [-0.05, 0) is 49.9 Å². The summed E-state index contributed by atoms with van der Waals surface area (Å²) in [5, 5.41) is 4.23. The Kier molecular flexibility index (Phi) is 6.75. The average molecular weight is 410 g/mol. The van der Waals surface area contributed by atoms with Gasteiger partial charge in [-0.2, -0.15) is 0 Å². The number of fused-ring (bicyclic) bond motifs is 1. The first kappa shape index (κ1) is 21.1. The van der Waals surface area contributed by atoms with Gasteiger partial charge in [0.1, 0.15) is 0 Å². The van der Waals surface area contributed by atoms with E-state index < -0.39 is 0 Å². The maximum Gasteiger partial charge on any atom is 0.262 e. The number of rotatable bonds is 7. The van der Waals surface area contributed by atoms with Crippen molar-refractivity contribution in [2.45, 2.75) is 51.7 Å². The molecule has 6 heteroatoms. The van der Waals surface area contributed by atoms with Gasteiger partial charge in [-0.15, -0.1) is 0 Å². The van der Waals surface area contributed by atoms with Crippen molar-refractivity contribution in [3.05, 3.63) is 63.9 Å². The Morgan fingerprint density at radius 2 is 1.93 bits per heavy atom. The normalized spacial score (nSPS) is 12.1. The van der Waals surface area contributed by atoms with E-state index in [0.29, 0.717) is 16.1 Å². The quantitative estimate of drug-likeness (QED) is 0.442. The topological polar surface area (TPSA) is 64.0 Å². The minimum Gasteiger partial charge on any atom is -0.325 e. The van der Waals surface area contributed by atoms with Crippen LogP contribution in [0.5, 0.6) is 0 Å². The number of benzene rings is 2. The number of nitrogens with one attached hydrogen (secondary N) is 1. The number of amides is 1. The molecule has 3 aromatic rings. The predicted molar refractivity (Wildman–Crippen MR) is 121 cm³/mol. The largest absolute Gasteiger partial charge is 0.325 e. The van der Waals surface area contributed by atoms with Gasteiger partial charge in [-0.25, -0.2) is 4.98 Å². The Morgan fingerprint density at radius 3 is 2.66 bits per heavy atom. The Hall–Kier alpha value is -2.60. The second-order valence-electron chi connectivity index (χ2n) is 7.14. The molecule has 3 rings (SSSR count). The molecule has 0 aliphatic heterocycles. The molecular weight excluding hydrogens is 382 g/mol. The van der Waals surface area contributed by atoms with Crippen molar-refractivity contribution < 1.29 is 4.79 Å². The first-order chi connectivity index (χ1) is 14.0. The van der Waals surface area contributed by atoms with Crippen molar-refractivity contribution in [3.63, 3.8) is 0 Å². The van der Waals surface area contributed by atoms with Crippen molar-refractivity contribution in [2.24, 2.45) is 0 Å². The highest BCUT2D eigenvalue weighted by Crippen LogP contribution is 2.24. The molecule has 0 radical (unpaired) electrons. The summed E-state index contributed by atoms with van der Waals surface area (Å²) < 4.78 is 1.71. The van der Waals surface area contributed by atoms with Gasteiger partial charge in [-0.1, -0.05) is 55.9 Å². The second-order valence-corrected chi connectivity index (χ2v) is 8.09. The van der Waals surface area contributed by atoms with Crippen LogP contribution in [-0.2, 0) is 11.2 Å². The summed E-state index contributed by atoms with van der Waals surface area (Å²) >= 11 is 1.31. The Balaban J connectivity index is 1.87. The summed E-state index contributed by atoms with van der Waals surface area (Å²) in [6, 6.07) is 13.4. The van der Waals surface area contributed by atoms with E-state index in [4.69, 9.17) is 0 Å². The summed E-state index contributed by atoms with van der Waals surface area (Å²) in [5.41, 5.74) is 3.64. The fourth-order valence-electron chi connectivity index (χ4n) is 3.31. The molecule has 0 aliphatic carbocycles. The van der Waals surface area contributed by atoms with E-state index in [2.05, 4.69) is 17.2 Å². The smallest absolute Gasteiger partial charge is 0.262 e. The van der Waals surface area contributed by atoms with Gasteiger partial charge in [0.2, 0.25) is 5.91 Å². The number of nitrogens with zero attached hydrogens (tertiary/aromatic N) is 2. The zero-order valence-electron chi connectivity index (χ0n) is 17.4. The zero-order valence-corrected chi connectivity index (χ0v) is 18.2. The van der Waals surface area contributed by atoms with E-state index in [0.717, 1.165) is 29.7 Å². The fourth-order valence-corrected chi connectivity index (χ4v) is 4.20. The minimum atomic E-state index is -0.0999. The van der Waals surface area contributed by atoms with Crippen LogP contribution >= 0.6 is 11.8 Å². The lowest BCUT2D eigenvalue weighted by Crippen LogP contribution is -2.26. The first-order valence-electron chi connectivity index (χ1n) is 9.98. The maximum absolute atomic E-state index is 13.0. The summed E-state index contributed by atoms with van der Waals surface area (Å²) in [7, 11) is 0. The number of hydrogen-bond acceptors (Lipinski definition) is 4. The molecule has 29 heavy (non-hydrogen) atoms. The van der Waals surface area contributed by atoms with E-state index in [1.165, 1.54) is 11.8 Å². The van der Waals surface area contributed by atoms with Gasteiger partial charge in [0, 0.05) is 11.7 Å². The molecule has 0 spiro atoms. The van der Waals surface area contributed by atoms with Gasteiger partial charge in [0.05, 0.1) is 16.7 Å². The number of carbonyl (C=O) groups excluding carboxylic acids is 1. The Morgan fingerprint density at radius 1 is 1.17 bits per heavy atom. The molecule has 1 amide bonds. The zero-order chi connectivity index (χ0) is 21.0. The van der Waals surface area contributed by atoms with Crippen molar-refractivity contribution in [1.29, 1.82) is 0 Å². The molecule has 2 aromatic carbocycles. The number of aromatic nitrogens is 2. The number of para-hydroxylation sites is 2. The number of hydrogen-bond donors (Lipinski definition) is 1. The molecule has 152 valence electrons. The molecule has 0 aliphatic rings. The van der Waals surface area contributed by atoms with Crippen LogP contribution in [-0.4, -0.2) is 21.2 Å². The number of thioether (sulfide) groups is 1. The van der Waals surface area contributed by atoms with Gasteiger partial charge in [0.25, 0.3) is 5.56 Å². The highest BCUT2D eigenvalue weighted by atomic mass is 32.2. The molecule has 1 atom stereocenters. The molecule has 1 heterocycles. The lowest BCUT2D eigenvalue weighted by atomic mass is 10.1. The summed E-state index contributed by atoms with van der Waals surface area (Å²) in [4.78, 5) is 30.4. The van der Waals surface area contributed by atoms with Crippen molar-refractivity contribution in [2.75, 3.05) is 11.1 Å². The summed E-state index contributed by atoms with van der Waals surface area (Å²) in [5.74, 6) is 0.0933. The highest BCUT2D eigenvalue weighted by Gasteiger charge is 2.17. The molecule has 1 N–H and O–H groups in total. The lowest BCUT2D eigenvalue weighted by Gasteiger charge is -2.18. The van der Waals surface area contributed by atoms with E-state index in [1.54, 1.807) is 10.6 Å². The van der Waals surface area contributed by atoms with E-state index in [9.17, 15) is 9.59 Å². The average Bonchev–Trinajstić information content (AvgIpc) is 2.73. The van der Waals surface area contributed by atoms with Crippen LogP contribution < -0.4 is 10.9 Å². The van der Waals surface area contributed by atoms with E-state index in [-0.39, 0.29) is 23.3 Å². The minimum absolute atomic E-state index is 0.00762. The summed E-state index contributed by atoms with van der Waals surface area (Å²) in [6.07, 6.45) is 1.66. The van der Waals surface area contributed by atoms with Crippen LogP contribution in [0.1, 0.15) is 44.4 Å². The van der Waals surface area contributed by atoms with Crippen LogP contribution in [0, 0.1) is 6.92 Å². The highest BCUT2D eigenvalue weighted by molar-refractivity contribution is 7.99. The Labute approximate surface area is 175 Å². The fraction of sp³-hybridized carbons (Fsp3) is 0.348. The molecule has 0 unspecified atom stereocenters. The van der Waals surface area contributed by atoms with E-state index in [1.807, 2.05) is 57.2 Å². The monoisotopic (exact) mass is 409 g/mol. The summed E-state index contributed by atoms with van der Waals surface area (Å²) in [6.45, 7) is 8.11. The molecule has 5 nitrogen and oxygen atoms in total. The van der Waals surface area contributed by atoms with Crippen LogP contribution in [0.2, 0.25) is 0 Å². The third kappa shape index (κ3) is 4.53. The molecule has 0 bridgehead atoms. The standard InChI is InChI=1S/C23H27N3O2S/c1-5-16(4)26-22(28)18-12-7-8-13-19(18)24-23(26)29-14-20(27)25-21-15(3)10-9-11-17(21)6-2/h7-13,16H,5-6,14H2,1-4H3,(H,25,27)/t16-/m0/s1. The second kappa shape index (κ2) is 9.27. The maximum atomic E-state index is 13.0. The van der Waals surface area contributed by atoms with Crippen molar-refractivity contribution in [1.82, 2.24) is 9.55 Å². The molecular formula is C23H27N3O2S. The SMILES string of the molecule is CCc1cccc(C)c1NC(=O)CSc1nc2ccccc2c(=O)n1[C@@H](C)CC. The van der Waals surface area contributed by atoms with Crippen molar-refractivity contribution in [3.8, 4) is 0 Å². The molecule has 0 saturated carbocycles. The number of aryl methyl sites for hydroxylation is 2. The van der Waals surface area contributed by atoms with Gasteiger partial charge >= 0.3 is 0 Å². The van der Waals surface area contributed by atoms with Gasteiger partial charge < -0.3 is 5.32 Å². The Bertz CT molecular complexity index is 1090. The van der Waals surface area contributed by atoms with Crippen LogP contribution in [0.4, 0.5) is 5.69 Å². The molecule has 1 aromatic heterocycles. The molecule has 0 saturated heterocycles. The first-order valence-corrected chi connectivity index (χ1v) is 11.0. The third-order valence-corrected chi connectivity index (χ3v) is 6.10. The third-order valence-electron chi connectivity index (χ3n) is 5.14. The van der Waals surface area contributed by atoms with Crippen LogP contribution in [0.3, 0.4) is 0 Å². The van der Waals surface area contributed by atoms with Crippen LogP contribution in [0.15, 0.2) is 52.4 Å². The predicted octanol–water partition coefficient (Wildman–Crippen LogP) is 4.97. The van der Waals surface area contributed by atoms with Crippen molar-refractivity contribution >= 4 is 34.3 Å². The van der Waals surface area contributed by atoms with E-state index >= 15 is 0 Å². The van der Waals surface area contributed by atoms with Crippen LogP contribution in [0.25, 0.3) is 10.9 Å².